The molecule has 1 aromatic heterocycles. The first kappa shape index (κ1) is 10.2. The fourth-order valence-electron chi connectivity index (χ4n) is 1.75. The van der Waals surface area contributed by atoms with E-state index in [1.165, 1.54) is 6.42 Å². The third-order valence-electron chi connectivity index (χ3n) is 2.78. The van der Waals surface area contributed by atoms with Gasteiger partial charge in [-0.3, -0.25) is 0 Å². The van der Waals surface area contributed by atoms with Crippen molar-refractivity contribution in [3.63, 3.8) is 0 Å². The molecule has 0 saturated heterocycles. The predicted molar refractivity (Wildman–Crippen MR) is 58.5 cm³/mol. The Morgan fingerprint density at radius 1 is 1.53 bits per heavy atom. The average Bonchev–Trinajstić information content (AvgIpc) is 2.14. The first-order valence-electron chi connectivity index (χ1n) is 5.27. The molecule has 5 nitrogen and oxygen atoms in total. The number of nitrogen functional groups attached to an aromatic ring is 1. The van der Waals surface area contributed by atoms with Crippen LogP contribution in [0.4, 0.5) is 11.8 Å². The van der Waals surface area contributed by atoms with Crippen molar-refractivity contribution in [2.45, 2.75) is 25.3 Å². The summed E-state index contributed by atoms with van der Waals surface area (Å²) in [6, 6.07) is 2.14. The normalized spacial score (nSPS) is 16.1. The lowest BCUT2D eigenvalue weighted by atomic mass is 9.92. The van der Waals surface area contributed by atoms with E-state index in [4.69, 9.17) is 10.8 Å². The lowest BCUT2D eigenvalue weighted by Gasteiger charge is -2.37. The molecule has 82 valence electrons. The fraction of sp³-hybridized carbons (Fsp3) is 0.600. The van der Waals surface area contributed by atoms with Crippen molar-refractivity contribution < 1.29 is 5.11 Å². The molecular formula is C10H16N4O. The molecule has 5 heteroatoms. The third kappa shape index (κ3) is 2.18. The molecule has 1 aliphatic rings. The van der Waals surface area contributed by atoms with Crippen LogP contribution in [0, 0.1) is 0 Å². The molecular weight excluding hydrogens is 192 g/mol. The van der Waals surface area contributed by atoms with Gasteiger partial charge in [0.25, 0.3) is 0 Å². The number of nitrogens with two attached hydrogens (primary N) is 1. The van der Waals surface area contributed by atoms with Gasteiger partial charge in [0.2, 0.25) is 5.95 Å². The molecule has 0 amide bonds. The molecule has 2 rings (SSSR count). The zero-order valence-corrected chi connectivity index (χ0v) is 8.63. The molecule has 0 unspecified atom stereocenters. The van der Waals surface area contributed by atoms with Crippen molar-refractivity contribution in [1.82, 2.24) is 9.97 Å². The highest BCUT2D eigenvalue weighted by molar-refractivity contribution is 5.39. The van der Waals surface area contributed by atoms with E-state index in [1.54, 1.807) is 12.3 Å². The van der Waals surface area contributed by atoms with Crippen LogP contribution in [0.1, 0.15) is 19.3 Å². The Hall–Kier alpha value is -1.36. The van der Waals surface area contributed by atoms with Gasteiger partial charge in [-0.25, -0.2) is 4.98 Å². The van der Waals surface area contributed by atoms with E-state index in [0.29, 0.717) is 24.4 Å². The van der Waals surface area contributed by atoms with Crippen molar-refractivity contribution in [1.29, 1.82) is 0 Å². The highest BCUT2D eigenvalue weighted by Crippen LogP contribution is 2.27. The molecule has 1 aliphatic carbocycles. The van der Waals surface area contributed by atoms with Crippen molar-refractivity contribution in [2.75, 3.05) is 23.8 Å². The lowest BCUT2D eigenvalue weighted by molar-refractivity contribution is 0.282. The molecule has 1 heterocycles. The van der Waals surface area contributed by atoms with Crippen LogP contribution < -0.4 is 10.6 Å². The van der Waals surface area contributed by atoms with Crippen LogP contribution in [0.2, 0.25) is 0 Å². The Balaban J connectivity index is 2.15. The number of aliphatic hydroxyl groups excluding tert-OH is 1. The van der Waals surface area contributed by atoms with Crippen molar-refractivity contribution in [3.8, 4) is 0 Å². The Morgan fingerprint density at radius 3 is 2.87 bits per heavy atom. The average molecular weight is 208 g/mol. The molecule has 0 aromatic carbocycles. The maximum absolute atomic E-state index is 9.01. The van der Waals surface area contributed by atoms with Gasteiger partial charge >= 0.3 is 0 Å². The number of aliphatic hydroxyl groups is 1. The van der Waals surface area contributed by atoms with Crippen LogP contribution in [0.25, 0.3) is 0 Å². The summed E-state index contributed by atoms with van der Waals surface area (Å²) in [6.45, 7) is 0.697. The van der Waals surface area contributed by atoms with Crippen LogP contribution in [-0.4, -0.2) is 34.3 Å². The topological polar surface area (TPSA) is 75.3 Å². The minimum Gasteiger partial charge on any atom is -0.395 e. The number of aromatic nitrogens is 2. The van der Waals surface area contributed by atoms with Gasteiger partial charge in [0.05, 0.1) is 6.61 Å². The van der Waals surface area contributed by atoms with Crippen LogP contribution >= 0.6 is 0 Å². The maximum Gasteiger partial charge on any atom is 0.227 e. The molecule has 0 radical (unpaired) electrons. The number of hydrogen-bond donors (Lipinski definition) is 2. The summed E-state index contributed by atoms with van der Waals surface area (Å²) in [6.07, 6.45) is 5.20. The van der Waals surface area contributed by atoms with Gasteiger partial charge in [-0.1, -0.05) is 0 Å². The molecule has 3 N–H and O–H groups in total. The maximum atomic E-state index is 9.01. The second kappa shape index (κ2) is 4.44. The highest BCUT2D eigenvalue weighted by atomic mass is 16.3. The lowest BCUT2D eigenvalue weighted by Crippen LogP contribution is -2.43. The molecule has 1 saturated carbocycles. The van der Waals surface area contributed by atoms with Crippen LogP contribution in [0.15, 0.2) is 12.3 Å². The molecule has 0 atom stereocenters. The Morgan fingerprint density at radius 2 is 2.33 bits per heavy atom. The van der Waals surface area contributed by atoms with Gasteiger partial charge in [0.15, 0.2) is 0 Å². The summed E-state index contributed by atoms with van der Waals surface area (Å²) < 4.78 is 0. The standard InChI is InChI=1S/C10H16N4O/c11-9-4-5-12-10(13-9)14(6-7-15)8-2-1-3-8/h4-5,8,15H,1-3,6-7H2,(H2,11,12,13). The molecule has 0 aliphatic heterocycles. The van der Waals surface area contributed by atoms with Crippen molar-refractivity contribution >= 4 is 11.8 Å². The first-order valence-corrected chi connectivity index (χ1v) is 5.27. The summed E-state index contributed by atoms with van der Waals surface area (Å²) in [5.41, 5.74) is 5.61. The number of hydrogen-bond acceptors (Lipinski definition) is 5. The van der Waals surface area contributed by atoms with E-state index in [2.05, 4.69) is 9.97 Å². The zero-order chi connectivity index (χ0) is 10.7. The van der Waals surface area contributed by atoms with E-state index in [9.17, 15) is 0 Å². The molecule has 0 bridgehead atoms. The summed E-state index contributed by atoms with van der Waals surface area (Å²) in [4.78, 5) is 10.4. The molecule has 1 fully saturated rings. The monoisotopic (exact) mass is 208 g/mol. The van der Waals surface area contributed by atoms with Crippen LogP contribution in [0.3, 0.4) is 0 Å². The highest BCUT2D eigenvalue weighted by Gasteiger charge is 2.26. The molecule has 15 heavy (non-hydrogen) atoms. The van der Waals surface area contributed by atoms with Crippen LogP contribution in [0.5, 0.6) is 0 Å². The van der Waals surface area contributed by atoms with Gasteiger partial charge in [0, 0.05) is 18.8 Å². The van der Waals surface area contributed by atoms with Gasteiger partial charge in [-0.15, -0.1) is 0 Å². The molecule has 0 spiro atoms. The summed E-state index contributed by atoms with van der Waals surface area (Å²) in [5, 5.41) is 9.01. The minimum atomic E-state index is 0.120. The second-order valence-electron chi connectivity index (χ2n) is 3.78. The first-order chi connectivity index (χ1) is 7.31. The van der Waals surface area contributed by atoms with Gasteiger partial charge in [0.1, 0.15) is 5.82 Å². The number of anilines is 2. The molecule has 1 aromatic rings. The van der Waals surface area contributed by atoms with E-state index < -0.39 is 0 Å². The van der Waals surface area contributed by atoms with Crippen LogP contribution in [-0.2, 0) is 0 Å². The third-order valence-corrected chi connectivity index (χ3v) is 2.78. The number of rotatable bonds is 4. The van der Waals surface area contributed by atoms with Gasteiger partial charge in [-0.2, -0.15) is 4.98 Å². The zero-order valence-electron chi connectivity index (χ0n) is 8.63. The quantitative estimate of drug-likeness (QED) is 0.749. The largest absolute Gasteiger partial charge is 0.395 e. The number of nitrogens with zero attached hydrogens (tertiary/aromatic N) is 3. The smallest absolute Gasteiger partial charge is 0.227 e. The van der Waals surface area contributed by atoms with Crippen molar-refractivity contribution in [2.24, 2.45) is 0 Å². The SMILES string of the molecule is Nc1ccnc(N(CCO)C2CCC2)n1. The van der Waals surface area contributed by atoms with E-state index in [-0.39, 0.29) is 6.61 Å². The van der Waals surface area contributed by atoms with Gasteiger partial charge in [-0.05, 0) is 25.3 Å². The van der Waals surface area contributed by atoms with Crippen molar-refractivity contribution in [3.05, 3.63) is 12.3 Å². The van der Waals surface area contributed by atoms with Gasteiger partial charge < -0.3 is 15.7 Å². The van der Waals surface area contributed by atoms with E-state index in [1.807, 2.05) is 4.90 Å². The summed E-state index contributed by atoms with van der Waals surface area (Å²) in [7, 11) is 0. The Bertz CT molecular complexity index is 327. The Kier molecular flexibility index (Phi) is 3.01. The Labute approximate surface area is 88.9 Å². The van der Waals surface area contributed by atoms with E-state index in [0.717, 1.165) is 12.8 Å². The summed E-state index contributed by atoms with van der Waals surface area (Å²) in [5.74, 6) is 1.11. The summed E-state index contributed by atoms with van der Waals surface area (Å²) >= 11 is 0. The minimum absolute atomic E-state index is 0.120. The predicted octanol–water partition coefficient (Wildman–Crippen LogP) is 0.410. The fourth-order valence-corrected chi connectivity index (χ4v) is 1.75. The second-order valence-corrected chi connectivity index (χ2v) is 3.78. The van der Waals surface area contributed by atoms with E-state index >= 15 is 0 Å².